The molecule has 9 heteroatoms. The third kappa shape index (κ3) is 3.37. The summed E-state index contributed by atoms with van der Waals surface area (Å²) >= 11 is 0. The highest BCUT2D eigenvalue weighted by Gasteiger charge is 2.23. The molecule has 3 aromatic heterocycles. The molecule has 3 aromatic rings. The Morgan fingerprint density at radius 3 is 2.79 bits per heavy atom. The summed E-state index contributed by atoms with van der Waals surface area (Å²) in [4.78, 5) is 34.1. The Morgan fingerprint density at radius 1 is 1.25 bits per heavy atom. The fourth-order valence-electron chi connectivity index (χ4n) is 3.39. The largest absolute Gasteiger partial charge is 0.506 e. The van der Waals surface area contributed by atoms with E-state index in [9.17, 15) is 15.0 Å². The van der Waals surface area contributed by atoms with Crippen LogP contribution in [0.5, 0.6) is 5.75 Å². The fraction of sp³-hybridized carbons (Fsp3) is 0.316. The van der Waals surface area contributed by atoms with Crippen molar-refractivity contribution in [1.29, 1.82) is 0 Å². The molecule has 3 N–H and O–H groups in total. The van der Waals surface area contributed by atoms with Crippen molar-refractivity contribution in [3.63, 3.8) is 0 Å². The third-order valence-corrected chi connectivity index (χ3v) is 4.96. The number of aliphatic hydroxyl groups excluding tert-OH is 1. The van der Waals surface area contributed by atoms with Crippen LogP contribution < -0.4 is 5.56 Å². The zero-order valence-electron chi connectivity index (χ0n) is 15.4. The summed E-state index contributed by atoms with van der Waals surface area (Å²) in [6.07, 6.45) is 6.83. The van der Waals surface area contributed by atoms with E-state index in [0.29, 0.717) is 59.8 Å². The SMILES string of the molecule is Cc1ncc(CO)c(CN2CCc3nc(-c4cncnc4)[nH]c(=O)c3C2)c1O. The molecule has 0 atom stereocenters. The van der Waals surface area contributed by atoms with Gasteiger partial charge in [0.15, 0.2) is 0 Å². The Kier molecular flexibility index (Phi) is 4.84. The van der Waals surface area contributed by atoms with Crippen molar-refractivity contribution in [2.24, 2.45) is 0 Å². The molecule has 144 valence electrons. The van der Waals surface area contributed by atoms with E-state index < -0.39 is 0 Å². The van der Waals surface area contributed by atoms with Crippen LogP contribution in [0.1, 0.15) is 28.1 Å². The number of aryl methyl sites for hydroxylation is 1. The van der Waals surface area contributed by atoms with Gasteiger partial charge in [-0.1, -0.05) is 0 Å². The van der Waals surface area contributed by atoms with E-state index in [2.05, 4.69) is 29.8 Å². The molecule has 0 aliphatic carbocycles. The van der Waals surface area contributed by atoms with Crippen LogP contribution in [0.3, 0.4) is 0 Å². The van der Waals surface area contributed by atoms with Gasteiger partial charge in [-0.25, -0.2) is 15.0 Å². The van der Waals surface area contributed by atoms with Crippen LogP contribution in [0.4, 0.5) is 0 Å². The van der Waals surface area contributed by atoms with E-state index in [1.54, 1.807) is 25.5 Å². The molecule has 0 unspecified atom stereocenters. The van der Waals surface area contributed by atoms with Crippen LogP contribution in [-0.4, -0.2) is 46.6 Å². The van der Waals surface area contributed by atoms with Crippen LogP contribution in [-0.2, 0) is 26.1 Å². The Balaban J connectivity index is 1.61. The number of hydrogen-bond acceptors (Lipinski definition) is 8. The van der Waals surface area contributed by atoms with Gasteiger partial charge in [-0.3, -0.25) is 14.7 Å². The van der Waals surface area contributed by atoms with Crippen LogP contribution in [0.25, 0.3) is 11.4 Å². The monoisotopic (exact) mass is 380 g/mol. The smallest absolute Gasteiger partial charge is 0.255 e. The van der Waals surface area contributed by atoms with Crippen LogP contribution >= 0.6 is 0 Å². The van der Waals surface area contributed by atoms with Crippen molar-refractivity contribution in [1.82, 2.24) is 29.8 Å². The Bertz CT molecular complexity index is 1070. The van der Waals surface area contributed by atoms with E-state index in [1.807, 2.05) is 0 Å². The van der Waals surface area contributed by atoms with Gasteiger partial charge in [0.1, 0.15) is 17.9 Å². The second-order valence-electron chi connectivity index (χ2n) is 6.78. The highest BCUT2D eigenvalue weighted by atomic mass is 16.3. The number of nitrogens with zero attached hydrogens (tertiary/aromatic N) is 5. The van der Waals surface area contributed by atoms with E-state index in [1.165, 1.54) is 6.33 Å². The Hall–Kier alpha value is -3.17. The summed E-state index contributed by atoms with van der Waals surface area (Å²) in [6, 6.07) is 0. The lowest BCUT2D eigenvalue weighted by Gasteiger charge is -2.28. The van der Waals surface area contributed by atoms with E-state index >= 15 is 0 Å². The molecule has 0 radical (unpaired) electrons. The molecule has 0 bridgehead atoms. The van der Waals surface area contributed by atoms with Gasteiger partial charge in [0.2, 0.25) is 0 Å². The van der Waals surface area contributed by atoms with Gasteiger partial charge in [0.25, 0.3) is 5.56 Å². The maximum Gasteiger partial charge on any atom is 0.255 e. The molecule has 9 nitrogen and oxygen atoms in total. The molecule has 4 heterocycles. The van der Waals surface area contributed by atoms with Crippen LogP contribution in [0, 0.1) is 6.92 Å². The number of aromatic nitrogens is 5. The Labute approximate surface area is 160 Å². The average molecular weight is 380 g/mol. The van der Waals surface area contributed by atoms with Gasteiger partial charge in [-0.15, -0.1) is 0 Å². The van der Waals surface area contributed by atoms with Gasteiger partial charge in [0, 0.05) is 55.8 Å². The summed E-state index contributed by atoms with van der Waals surface area (Å²) in [5.41, 5.74) is 3.58. The number of rotatable bonds is 4. The quantitative estimate of drug-likeness (QED) is 0.603. The first-order valence-corrected chi connectivity index (χ1v) is 8.93. The number of nitrogens with one attached hydrogen (secondary N) is 1. The van der Waals surface area contributed by atoms with Gasteiger partial charge in [0.05, 0.1) is 29.1 Å². The molecular weight excluding hydrogens is 360 g/mol. The van der Waals surface area contributed by atoms with E-state index in [-0.39, 0.29) is 17.9 Å². The summed E-state index contributed by atoms with van der Waals surface area (Å²) < 4.78 is 0. The number of hydrogen-bond donors (Lipinski definition) is 3. The minimum atomic E-state index is -0.203. The molecule has 0 fully saturated rings. The highest BCUT2D eigenvalue weighted by Crippen LogP contribution is 2.27. The summed E-state index contributed by atoms with van der Waals surface area (Å²) in [6.45, 7) is 3.02. The van der Waals surface area contributed by atoms with E-state index in [4.69, 9.17) is 0 Å². The molecule has 1 aliphatic heterocycles. The molecular formula is C19H20N6O3. The maximum atomic E-state index is 12.6. The maximum absolute atomic E-state index is 12.6. The van der Waals surface area contributed by atoms with Crippen LogP contribution in [0.2, 0.25) is 0 Å². The summed E-state index contributed by atoms with van der Waals surface area (Å²) in [5, 5.41) is 19.9. The summed E-state index contributed by atoms with van der Waals surface area (Å²) in [7, 11) is 0. The highest BCUT2D eigenvalue weighted by molar-refractivity contribution is 5.52. The summed E-state index contributed by atoms with van der Waals surface area (Å²) in [5.74, 6) is 0.548. The van der Waals surface area contributed by atoms with Crippen molar-refractivity contribution < 1.29 is 10.2 Å². The van der Waals surface area contributed by atoms with Crippen molar-refractivity contribution in [2.45, 2.75) is 33.0 Å². The van der Waals surface area contributed by atoms with Crippen molar-refractivity contribution >= 4 is 0 Å². The predicted octanol–water partition coefficient (Wildman–Crippen LogP) is 0.687. The second-order valence-corrected chi connectivity index (χ2v) is 6.78. The minimum absolute atomic E-state index is 0.0869. The first kappa shape index (κ1) is 18.2. The first-order chi connectivity index (χ1) is 13.6. The average Bonchev–Trinajstić information content (AvgIpc) is 2.72. The minimum Gasteiger partial charge on any atom is -0.506 e. The lowest BCUT2D eigenvalue weighted by atomic mass is 10.0. The van der Waals surface area contributed by atoms with Crippen molar-refractivity contribution in [2.75, 3.05) is 6.54 Å². The zero-order valence-corrected chi connectivity index (χ0v) is 15.4. The molecule has 0 saturated heterocycles. The topological polar surface area (TPSA) is 128 Å². The number of pyridine rings is 1. The van der Waals surface area contributed by atoms with Crippen LogP contribution in [0.15, 0.2) is 29.7 Å². The predicted molar refractivity (Wildman–Crippen MR) is 100 cm³/mol. The number of aliphatic hydroxyl groups is 1. The standard InChI is InChI=1S/C19H20N6O3/c1-11-17(27)14(13(9-26)6-22-11)7-25-3-2-16-15(8-25)19(28)24-18(23-16)12-4-20-10-21-5-12/h4-6,10,26-27H,2-3,7-9H2,1H3,(H,23,24,28). The van der Waals surface area contributed by atoms with Gasteiger partial charge < -0.3 is 15.2 Å². The second kappa shape index (κ2) is 7.45. The lowest BCUT2D eigenvalue weighted by Crippen LogP contribution is -2.35. The number of H-pyrrole nitrogens is 1. The molecule has 0 aromatic carbocycles. The molecule has 4 rings (SSSR count). The van der Waals surface area contributed by atoms with E-state index in [0.717, 1.165) is 5.69 Å². The first-order valence-electron chi connectivity index (χ1n) is 8.93. The third-order valence-electron chi connectivity index (χ3n) is 4.96. The zero-order chi connectivity index (χ0) is 19.7. The molecule has 0 amide bonds. The Morgan fingerprint density at radius 2 is 2.04 bits per heavy atom. The molecule has 0 saturated carbocycles. The van der Waals surface area contributed by atoms with Gasteiger partial charge in [-0.2, -0.15) is 0 Å². The normalized spacial score (nSPS) is 14.1. The van der Waals surface area contributed by atoms with Crippen molar-refractivity contribution in [3.8, 4) is 17.1 Å². The number of aromatic amines is 1. The van der Waals surface area contributed by atoms with Gasteiger partial charge in [-0.05, 0) is 6.92 Å². The van der Waals surface area contributed by atoms with Gasteiger partial charge >= 0.3 is 0 Å². The molecule has 1 aliphatic rings. The molecule has 28 heavy (non-hydrogen) atoms. The number of fused-ring (bicyclic) bond motifs is 1. The fourth-order valence-corrected chi connectivity index (χ4v) is 3.39. The molecule has 0 spiro atoms. The lowest BCUT2D eigenvalue weighted by molar-refractivity contribution is 0.232. The number of aromatic hydroxyl groups is 1. The van der Waals surface area contributed by atoms with Crippen molar-refractivity contribution in [3.05, 3.63) is 63.3 Å².